The third-order valence-electron chi connectivity index (χ3n) is 10.2. The first-order chi connectivity index (χ1) is 23.4. The van der Waals surface area contributed by atoms with Gasteiger partial charge in [-0.25, -0.2) is 18.7 Å². The molecule has 8 rings (SSSR count). The third kappa shape index (κ3) is 4.89. The Morgan fingerprint density at radius 3 is 2.69 bits per heavy atom. The van der Waals surface area contributed by atoms with Gasteiger partial charge < -0.3 is 20.1 Å². The topological polar surface area (TPSA) is 131 Å². The molecule has 3 N–H and O–H groups in total. The second-order valence-corrected chi connectivity index (χ2v) is 13.1. The summed E-state index contributed by atoms with van der Waals surface area (Å²) in [6.07, 6.45) is 0.224. The quantitative estimate of drug-likeness (QED) is 0.202. The lowest BCUT2D eigenvalue weighted by Crippen LogP contribution is -2.59. The molecule has 256 valence electrons. The summed E-state index contributed by atoms with van der Waals surface area (Å²) in [5, 5.41) is 6.67. The number of benzene rings is 1. The molecule has 2 fully saturated rings. The van der Waals surface area contributed by atoms with Crippen molar-refractivity contribution >= 4 is 33.4 Å². The van der Waals surface area contributed by atoms with E-state index in [9.17, 15) is 17.6 Å². The van der Waals surface area contributed by atoms with Crippen LogP contribution in [0.5, 0.6) is 11.9 Å². The number of pyridine rings is 2. The first-order valence-corrected chi connectivity index (χ1v) is 16.0. The molecule has 5 aromatic rings. The van der Waals surface area contributed by atoms with Gasteiger partial charge in [0.1, 0.15) is 47.3 Å². The largest absolute Gasteiger partial charge is 0.475 e. The normalized spacial score (nSPS) is 21.4. The summed E-state index contributed by atoms with van der Waals surface area (Å²) in [4.78, 5) is 21.7. The maximum Gasteiger partial charge on any atom is 0.417 e. The van der Waals surface area contributed by atoms with Gasteiger partial charge in [-0.15, -0.1) is 0 Å². The number of nitrogens with one attached hydrogen (secondary N) is 1. The highest BCUT2D eigenvalue weighted by molar-refractivity contribution is 6.02. The Labute approximate surface area is 276 Å². The van der Waals surface area contributed by atoms with Crippen molar-refractivity contribution < 1.29 is 31.4 Å². The van der Waals surface area contributed by atoms with Gasteiger partial charge in [0.15, 0.2) is 5.82 Å². The molecule has 0 bridgehead atoms. The summed E-state index contributed by atoms with van der Waals surface area (Å²) in [5.74, 6) is -1.65. The Bertz CT molecular complexity index is 2140. The van der Waals surface area contributed by atoms with E-state index < -0.39 is 46.7 Å². The number of ether oxygens (including phenoxy) is 2. The molecule has 3 atom stereocenters. The summed E-state index contributed by atoms with van der Waals surface area (Å²) in [7, 11) is 0. The number of aryl methyl sites for hydroxylation is 1. The van der Waals surface area contributed by atoms with Crippen molar-refractivity contribution in [2.24, 2.45) is 0 Å². The molecule has 0 spiro atoms. The number of hydrogen-bond donors (Lipinski definition) is 2. The number of anilines is 2. The number of nitrogen functional groups attached to an aromatic ring is 1. The average molecular weight is 682 g/mol. The SMILES string of the molecule is Cc1cc2[nH]ncc2c(-c2nc3c4c(nc(OCC56CCCN5CC6)nc4c2F)N(C(C)c2cc(F)cnc2N)[C@@H](C)CO3)c1C(F)(F)F. The van der Waals surface area contributed by atoms with Crippen molar-refractivity contribution in [3.8, 4) is 23.1 Å². The van der Waals surface area contributed by atoms with Gasteiger partial charge in [0.2, 0.25) is 5.88 Å². The molecular formula is C33H32F5N9O2. The highest BCUT2D eigenvalue weighted by atomic mass is 19.4. The highest BCUT2D eigenvalue weighted by Crippen LogP contribution is 2.48. The molecule has 0 saturated carbocycles. The minimum atomic E-state index is -4.86. The van der Waals surface area contributed by atoms with E-state index >= 15 is 4.39 Å². The van der Waals surface area contributed by atoms with Crippen LogP contribution in [0.2, 0.25) is 0 Å². The van der Waals surface area contributed by atoms with E-state index in [1.54, 1.807) is 11.8 Å². The zero-order chi connectivity index (χ0) is 34.4. The van der Waals surface area contributed by atoms with Crippen molar-refractivity contribution in [1.29, 1.82) is 0 Å². The maximum atomic E-state index is 17.1. The number of aromatic nitrogens is 6. The summed E-state index contributed by atoms with van der Waals surface area (Å²) in [6, 6.07) is 1.25. The van der Waals surface area contributed by atoms with Crippen LogP contribution in [0.4, 0.5) is 33.6 Å². The van der Waals surface area contributed by atoms with Crippen LogP contribution in [0.3, 0.4) is 0 Å². The zero-order valence-corrected chi connectivity index (χ0v) is 26.8. The van der Waals surface area contributed by atoms with E-state index in [-0.39, 0.29) is 69.6 Å². The molecule has 49 heavy (non-hydrogen) atoms. The van der Waals surface area contributed by atoms with Gasteiger partial charge in [-0.3, -0.25) is 10.00 Å². The number of halogens is 5. The molecule has 0 amide bonds. The third-order valence-corrected chi connectivity index (χ3v) is 10.2. The van der Waals surface area contributed by atoms with E-state index in [1.165, 1.54) is 25.3 Å². The molecule has 4 aromatic heterocycles. The van der Waals surface area contributed by atoms with Gasteiger partial charge in [-0.1, -0.05) is 0 Å². The number of rotatable bonds is 6. The fourth-order valence-electron chi connectivity index (χ4n) is 7.72. The van der Waals surface area contributed by atoms with E-state index in [4.69, 9.17) is 20.2 Å². The van der Waals surface area contributed by atoms with Crippen LogP contribution in [0, 0.1) is 18.6 Å². The van der Waals surface area contributed by atoms with E-state index in [0.29, 0.717) is 5.56 Å². The second kappa shape index (κ2) is 11.1. The fraction of sp³-hybridized carbons (Fsp3) is 0.424. The van der Waals surface area contributed by atoms with Crippen LogP contribution >= 0.6 is 0 Å². The lowest BCUT2D eigenvalue weighted by Gasteiger charge is -2.47. The van der Waals surface area contributed by atoms with Gasteiger partial charge in [0.25, 0.3) is 0 Å². The standard InChI is InChI=1S/C33H32F5N9O2/c1-15-9-21-20(12-41-45-21)22(24(15)33(36,37)38)26-25(35)27-23-29(44-31(43-27)49-14-32-5-4-7-46(32)8-6-32)47(16(2)13-48-30(23)42-26)17(3)19-10-18(34)11-40-28(19)39/h9-12,16-17H,4-8,13-14H2,1-3H3,(H2,39,40)(H,41,45)/t16-,17?,32?/m0/s1. The van der Waals surface area contributed by atoms with Crippen LogP contribution in [0.1, 0.15) is 55.8 Å². The molecule has 3 aliphatic rings. The Kier molecular flexibility index (Phi) is 7.10. The average Bonchev–Trinajstić information content (AvgIpc) is 3.58. The van der Waals surface area contributed by atoms with Crippen molar-refractivity contribution in [1.82, 2.24) is 35.0 Å². The zero-order valence-electron chi connectivity index (χ0n) is 26.8. The van der Waals surface area contributed by atoms with E-state index in [1.807, 2.05) is 6.92 Å². The van der Waals surface area contributed by atoms with Gasteiger partial charge in [0.05, 0.1) is 41.1 Å². The molecule has 0 aliphatic carbocycles. The van der Waals surface area contributed by atoms with Gasteiger partial charge >= 0.3 is 12.2 Å². The number of nitrogens with zero attached hydrogens (tertiary/aromatic N) is 7. The number of aromatic amines is 1. The summed E-state index contributed by atoms with van der Waals surface area (Å²) in [5.41, 5.74) is 4.01. The Hall–Kier alpha value is -4.86. The van der Waals surface area contributed by atoms with Crippen LogP contribution in [0.25, 0.3) is 33.1 Å². The van der Waals surface area contributed by atoms with Crippen LogP contribution < -0.4 is 20.1 Å². The first kappa shape index (κ1) is 31.4. The maximum absolute atomic E-state index is 17.1. The second-order valence-electron chi connectivity index (χ2n) is 13.1. The molecule has 0 radical (unpaired) electrons. The molecule has 2 unspecified atom stereocenters. The smallest absolute Gasteiger partial charge is 0.417 e. The van der Waals surface area contributed by atoms with Gasteiger partial charge in [-0.05, 0) is 64.3 Å². The Morgan fingerprint density at radius 2 is 1.96 bits per heavy atom. The number of fused-ring (bicyclic) bond motifs is 2. The molecule has 11 nitrogen and oxygen atoms in total. The summed E-state index contributed by atoms with van der Waals surface area (Å²) >= 11 is 0. The molecule has 2 saturated heterocycles. The molecule has 1 aromatic carbocycles. The van der Waals surface area contributed by atoms with Crippen LogP contribution in [0.15, 0.2) is 24.5 Å². The summed E-state index contributed by atoms with van der Waals surface area (Å²) in [6.45, 7) is 6.99. The minimum Gasteiger partial charge on any atom is -0.475 e. The van der Waals surface area contributed by atoms with Crippen molar-refractivity contribution in [3.63, 3.8) is 0 Å². The van der Waals surface area contributed by atoms with Crippen LogP contribution in [-0.2, 0) is 6.18 Å². The molecular weight excluding hydrogens is 649 g/mol. The monoisotopic (exact) mass is 681 g/mol. The fourth-order valence-corrected chi connectivity index (χ4v) is 7.72. The summed E-state index contributed by atoms with van der Waals surface area (Å²) < 4.78 is 88.0. The van der Waals surface area contributed by atoms with Gasteiger partial charge in [0, 0.05) is 23.1 Å². The van der Waals surface area contributed by atoms with Crippen molar-refractivity contribution in [3.05, 3.63) is 52.9 Å². The molecule has 16 heteroatoms. The predicted molar refractivity (Wildman–Crippen MR) is 170 cm³/mol. The number of nitrogens with two attached hydrogens (primary N) is 1. The van der Waals surface area contributed by atoms with Crippen molar-refractivity contribution in [2.75, 3.05) is 36.9 Å². The number of alkyl halides is 3. The van der Waals surface area contributed by atoms with E-state index in [2.05, 4.69) is 30.0 Å². The van der Waals surface area contributed by atoms with E-state index in [0.717, 1.165) is 38.5 Å². The minimum absolute atomic E-state index is 0.0263. The molecule has 3 aliphatic heterocycles. The number of H-pyrrole nitrogens is 1. The lowest BCUT2D eigenvalue weighted by atomic mass is 9.86. The number of hydrogen-bond acceptors (Lipinski definition) is 10. The lowest BCUT2D eigenvalue weighted by molar-refractivity contribution is -0.137. The first-order valence-electron chi connectivity index (χ1n) is 16.0. The predicted octanol–water partition coefficient (Wildman–Crippen LogP) is 6.12. The molecule has 7 heterocycles. The van der Waals surface area contributed by atoms with Crippen LogP contribution in [-0.4, -0.2) is 72.9 Å². The highest BCUT2D eigenvalue weighted by Gasteiger charge is 2.49. The Morgan fingerprint density at radius 1 is 1.14 bits per heavy atom. The van der Waals surface area contributed by atoms with Crippen molar-refractivity contribution in [2.45, 2.75) is 63.8 Å². The Balaban J connectivity index is 1.38. The van der Waals surface area contributed by atoms with Gasteiger partial charge in [-0.2, -0.15) is 28.2 Å².